The van der Waals surface area contributed by atoms with Crippen LogP contribution in [0.1, 0.15) is 5.56 Å². The topological polar surface area (TPSA) is 86.9 Å². The standard InChI is InChI=1S/C16H15FN4O2/c17-13-4-3-5-14(12(13)10-18)19-7-8-20-15(22)11-21-9-2-1-6-16(21)23/h1-6,9,19H,7-8,11H2,(H,20,22). The van der Waals surface area contributed by atoms with E-state index in [1.54, 1.807) is 24.3 Å². The van der Waals surface area contributed by atoms with Gasteiger partial charge >= 0.3 is 0 Å². The molecule has 2 rings (SSSR count). The van der Waals surface area contributed by atoms with E-state index in [1.165, 1.54) is 29.0 Å². The van der Waals surface area contributed by atoms with Crippen molar-refractivity contribution in [2.24, 2.45) is 0 Å². The second-order valence-corrected chi connectivity index (χ2v) is 4.72. The molecule has 0 unspecified atom stereocenters. The van der Waals surface area contributed by atoms with Crippen LogP contribution in [0, 0.1) is 17.1 Å². The van der Waals surface area contributed by atoms with Gasteiger partial charge in [0.05, 0.1) is 5.69 Å². The number of pyridine rings is 1. The number of nitrogens with one attached hydrogen (secondary N) is 2. The molecule has 0 saturated heterocycles. The summed E-state index contributed by atoms with van der Waals surface area (Å²) >= 11 is 0. The van der Waals surface area contributed by atoms with Crippen LogP contribution in [0.25, 0.3) is 0 Å². The zero-order valence-electron chi connectivity index (χ0n) is 12.3. The average molecular weight is 314 g/mol. The van der Waals surface area contributed by atoms with E-state index in [4.69, 9.17) is 5.26 Å². The molecule has 2 aromatic rings. The summed E-state index contributed by atoms with van der Waals surface area (Å²) in [6.45, 7) is 0.540. The quantitative estimate of drug-likeness (QED) is 0.781. The molecule has 0 atom stereocenters. The lowest BCUT2D eigenvalue weighted by Crippen LogP contribution is -2.34. The molecule has 1 amide bonds. The highest BCUT2D eigenvalue weighted by atomic mass is 19.1. The Labute approximate surface area is 132 Å². The molecule has 7 heteroatoms. The van der Waals surface area contributed by atoms with Gasteiger partial charge < -0.3 is 15.2 Å². The summed E-state index contributed by atoms with van der Waals surface area (Å²) in [5, 5.41) is 14.4. The van der Waals surface area contributed by atoms with Crippen LogP contribution in [0.2, 0.25) is 0 Å². The van der Waals surface area contributed by atoms with Crippen LogP contribution < -0.4 is 16.2 Å². The van der Waals surface area contributed by atoms with Crippen molar-refractivity contribution in [3.8, 4) is 6.07 Å². The van der Waals surface area contributed by atoms with Crippen molar-refractivity contribution in [2.45, 2.75) is 6.54 Å². The van der Waals surface area contributed by atoms with Gasteiger partial charge in [-0.25, -0.2) is 4.39 Å². The third kappa shape index (κ3) is 4.41. The number of aromatic nitrogens is 1. The number of hydrogen-bond donors (Lipinski definition) is 2. The summed E-state index contributed by atoms with van der Waals surface area (Å²) in [5.41, 5.74) is 0.0647. The SMILES string of the molecule is N#Cc1c(F)cccc1NCCNC(=O)Cn1ccccc1=O. The number of nitriles is 1. The molecule has 0 radical (unpaired) electrons. The highest BCUT2D eigenvalue weighted by Gasteiger charge is 2.07. The minimum absolute atomic E-state index is 0.0605. The van der Waals surface area contributed by atoms with Gasteiger partial charge in [0, 0.05) is 25.4 Å². The van der Waals surface area contributed by atoms with E-state index in [9.17, 15) is 14.0 Å². The van der Waals surface area contributed by atoms with E-state index in [-0.39, 0.29) is 30.1 Å². The number of amides is 1. The summed E-state index contributed by atoms with van der Waals surface area (Å²) in [4.78, 5) is 23.2. The summed E-state index contributed by atoms with van der Waals surface area (Å²) in [6, 6.07) is 10.7. The van der Waals surface area contributed by atoms with E-state index in [0.29, 0.717) is 12.2 Å². The van der Waals surface area contributed by atoms with Gasteiger partial charge in [-0.15, -0.1) is 0 Å². The first-order valence-electron chi connectivity index (χ1n) is 6.96. The molecule has 0 aliphatic carbocycles. The lowest BCUT2D eigenvalue weighted by atomic mass is 10.2. The van der Waals surface area contributed by atoms with Crippen molar-refractivity contribution in [2.75, 3.05) is 18.4 Å². The van der Waals surface area contributed by atoms with Crippen LogP contribution in [0.15, 0.2) is 47.4 Å². The largest absolute Gasteiger partial charge is 0.382 e. The smallest absolute Gasteiger partial charge is 0.250 e. The maximum atomic E-state index is 13.4. The Morgan fingerprint density at radius 2 is 2.04 bits per heavy atom. The Kier molecular flexibility index (Phi) is 5.47. The molecule has 118 valence electrons. The Balaban J connectivity index is 1.81. The lowest BCUT2D eigenvalue weighted by molar-refractivity contribution is -0.121. The molecular weight excluding hydrogens is 299 g/mol. The molecule has 2 N–H and O–H groups in total. The number of nitrogens with zero attached hydrogens (tertiary/aromatic N) is 2. The number of carbonyl (C=O) groups excluding carboxylic acids is 1. The van der Waals surface area contributed by atoms with E-state index in [1.807, 2.05) is 0 Å². The van der Waals surface area contributed by atoms with Crippen molar-refractivity contribution < 1.29 is 9.18 Å². The van der Waals surface area contributed by atoms with Crippen LogP contribution in [0.3, 0.4) is 0 Å². The zero-order chi connectivity index (χ0) is 16.7. The Bertz CT molecular complexity index is 795. The number of benzene rings is 1. The highest BCUT2D eigenvalue weighted by Crippen LogP contribution is 2.17. The fourth-order valence-electron chi connectivity index (χ4n) is 1.99. The molecule has 23 heavy (non-hydrogen) atoms. The molecule has 0 fully saturated rings. The van der Waals surface area contributed by atoms with E-state index < -0.39 is 5.82 Å². The normalized spacial score (nSPS) is 9.91. The van der Waals surface area contributed by atoms with E-state index in [0.717, 1.165) is 0 Å². The first-order chi connectivity index (χ1) is 11.1. The molecule has 1 aromatic heterocycles. The van der Waals surface area contributed by atoms with Crippen LogP contribution in [-0.2, 0) is 11.3 Å². The minimum Gasteiger partial charge on any atom is -0.382 e. The first-order valence-corrected chi connectivity index (χ1v) is 6.96. The average Bonchev–Trinajstić information content (AvgIpc) is 2.54. The predicted molar refractivity (Wildman–Crippen MR) is 83.3 cm³/mol. The van der Waals surface area contributed by atoms with Gasteiger partial charge in [0.15, 0.2) is 0 Å². The number of rotatable bonds is 6. The van der Waals surface area contributed by atoms with Gasteiger partial charge in [-0.1, -0.05) is 12.1 Å². The van der Waals surface area contributed by atoms with Crippen LogP contribution in [0.5, 0.6) is 0 Å². The van der Waals surface area contributed by atoms with Crippen LogP contribution in [0.4, 0.5) is 10.1 Å². The lowest BCUT2D eigenvalue weighted by Gasteiger charge is -2.10. The van der Waals surface area contributed by atoms with Gasteiger partial charge in [-0.05, 0) is 18.2 Å². The van der Waals surface area contributed by atoms with Crippen LogP contribution in [-0.4, -0.2) is 23.6 Å². The summed E-state index contributed by atoms with van der Waals surface area (Å²) < 4.78 is 14.7. The number of halogens is 1. The monoisotopic (exact) mass is 314 g/mol. The van der Waals surface area contributed by atoms with Crippen LogP contribution >= 0.6 is 0 Å². The van der Waals surface area contributed by atoms with Gasteiger partial charge in [-0.3, -0.25) is 9.59 Å². The van der Waals surface area contributed by atoms with Crippen molar-refractivity contribution in [1.29, 1.82) is 5.26 Å². The number of anilines is 1. The predicted octanol–water partition coefficient (Wildman–Crippen LogP) is 1.09. The van der Waals surface area contributed by atoms with Gasteiger partial charge in [0.1, 0.15) is 24.0 Å². The minimum atomic E-state index is -0.593. The van der Waals surface area contributed by atoms with Gasteiger partial charge in [0.25, 0.3) is 5.56 Å². The summed E-state index contributed by atoms with van der Waals surface area (Å²) in [6.07, 6.45) is 1.53. The maximum absolute atomic E-state index is 13.4. The molecule has 0 bridgehead atoms. The maximum Gasteiger partial charge on any atom is 0.250 e. The number of carbonyl (C=O) groups is 1. The van der Waals surface area contributed by atoms with Crippen molar-refractivity contribution in [3.63, 3.8) is 0 Å². The molecule has 0 saturated carbocycles. The van der Waals surface area contributed by atoms with Crippen molar-refractivity contribution >= 4 is 11.6 Å². The molecule has 0 aliphatic rings. The Morgan fingerprint density at radius 3 is 2.78 bits per heavy atom. The highest BCUT2D eigenvalue weighted by molar-refractivity contribution is 5.75. The Morgan fingerprint density at radius 1 is 1.22 bits per heavy atom. The number of hydrogen-bond acceptors (Lipinski definition) is 4. The second-order valence-electron chi connectivity index (χ2n) is 4.72. The van der Waals surface area contributed by atoms with E-state index >= 15 is 0 Å². The van der Waals surface area contributed by atoms with Gasteiger partial charge in [0.2, 0.25) is 5.91 Å². The van der Waals surface area contributed by atoms with Crippen molar-refractivity contribution in [3.05, 3.63) is 64.3 Å². The van der Waals surface area contributed by atoms with Gasteiger partial charge in [-0.2, -0.15) is 5.26 Å². The first kappa shape index (κ1) is 16.2. The summed E-state index contributed by atoms with van der Waals surface area (Å²) in [5.74, 6) is -0.898. The molecular formula is C16H15FN4O2. The van der Waals surface area contributed by atoms with E-state index in [2.05, 4.69) is 10.6 Å². The zero-order valence-corrected chi connectivity index (χ0v) is 12.3. The molecule has 1 aromatic carbocycles. The Hall–Kier alpha value is -3.14. The fraction of sp³-hybridized carbons (Fsp3) is 0.188. The fourth-order valence-corrected chi connectivity index (χ4v) is 1.99. The third-order valence-corrected chi connectivity index (χ3v) is 3.10. The molecule has 0 spiro atoms. The molecule has 6 nitrogen and oxygen atoms in total. The molecule has 0 aliphatic heterocycles. The summed E-state index contributed by atoms with van der Waals surface area (Å²) in [7, 11) is 0. The van der Waals surface area contributed by atoms with Crippen molar-refractivity contribution in [1.82, 2.24) is 9.88 Å². The third-order valence-electron chi connectivity index (χ3n) is 3.10. The molecule has 1 heterocycles. The second kappa shape index (κ2) is 7.75.